The van der Waals surface area contributed by atoms with Crippen LogP contribution in [0, 0.1) is 35.5 Å². The predicted molar refractivity (Wildman–Crippen MR) is 104 cm³/mol. The summed E-state index contributed by atoms with van der Waals surface area (Å²) in [5.74, 6) is 7.21. The molecular formula is C22H35NO2. The van der Waals surface area contributed by atoms with Gasteiger partial charge in [0.1, 0.15) is 0 Å². The van der Waals surface area contributed by atoms with Crippen LogP contribution in [0.15, 0.2) is 23.8 Å². The van der Waals surface area contributed by atoms with Crippen LogP contribution in [0.25, 0.3) is 0 Å². The first kappa shape index (κ1) is 20.2. The van der Waals surface area contributed by atoms with Gasteiger partial charge < -0.3 is 15.9 Å². The van der Waals surface area contributed by atoms with Crippen molar-refractivity contribution in [2.24, 2.45) is 29.4 Å². The molecule has 0 saturated heterocycles. The van der Waals surface area contributed by atoms with Gasteiger partial charge in [0.05, 0.1) is 12.2 Å². The van der Waals surface area contributed by atoms with Crippen molar-refractivity contribution in [3.05, 3.63) is 23.8 Å². The molecule has 0 aromatic carbocycles. The fraction of sp³-hybridized carbons (Fsp3) is 0.727. The Morgan fingerprint density at radius 1 is 1.36 bits per heavy atom. The summed E-state index contributed by atoms with van der Waals surface area (Å²) in [6, 6.07) is 0. The number of aliphatic hydroxyl groups is 2. The highest BCUT2D eigenvalue weighted by Crippen LogP contribution is 2.48. The molecule has 140 valence electrons. The minimum absolute atomic E-state index is 0.123. The SMILES string of the molecule is CC#CC[C@@H](C)[C@H](O)/C=C/[C@@H]1[C@H]2CC(CCCCCN)=C[C@H]2C[C@H]1O. The molecule has 0 unspecified atom stereocenters. The first-order valence-electron chi connectivity index (χ1n) is 9.90. The van der Waals surface area contributed by atoms with Gasteiger partial charge in [-0.05, 0) is 63.3 Å². The fourth-order valence-corrected chi connectivity index (χ4v) is 4.28. The molecule has 4 N–H and O–H groups in total. The Balaban J connectivity index is 1.86. The molecule has 1 saturated carbocycles. The maximum absolute atomic E-state index is 10.4. The van der Waals surface area contributed by atoms with Crippen LogP contribution in [0.5, 0.6) is 0 Å². The number of unbranched alkanes of at least 4 members (excludes halogenated alkanes) is 2. The van der Waals surface area contributed by atoms with Gasteiger partial charge in [-0.2, -0.15) is 0 Å². The molecule has 0 aromatic rings. The Hall–Kier alpha value is -1.08. The van der Waals surface area contributed by atoms with Crippen LogP contribution in [0.4, 0.5) is 0 Å². The van der Waals surface area contributed by atoms with E-state index in [4.69, 9.17) is 5.73 Å². The first-order chi connectivity index (χ1) is 12.1. The molecule has 0 aromatic heterocycles. The minimum atomic E-state index is -0.489. The Kier molecular flexibility index (Phi) is 8.22. The number of nitrogens with two attached hydrogens (primary N) is 1. The molecule has 3 nitrogen and oxygen atoms in total. The molecule has 0 aliphatic heterocycles. The monoisotopic (exact) mass is 345 g/mol. The van der Waals surface area contributed by atoms with Crippen LogP contribution < -0.4 is 5.73 Å². The predicted octanol–water partition coefficient (Wildman–Crippen LogP) is 3.42. The average Bonchev–Trinajstić information content (AvgIpc) is 3.11. The molecule has 6 atom stereocenters. The van der Waals surface area contributed by atoms with Crippen molar-refractivity contribution in [3.8, 4) is 11.8 Å². The second-order valence-electron chi connectivity index (χ2n) is 7.82. The zero-order chi connectivity index (χ0) is 18.2. The van der Waals surface area contributed by atoms with Crippen LogP contribution in [0.3, 0.4) is 0 Å². The molecule has 0 radical (unpaired) electrons. The van der Waals surface area contributed by atoms with E-state index < -0.39 is 6.10 Å². The normalized spacial score (nSPS) is 30.7. The highest BCUT2D eigenvalue weighted by Gasteiger charge is 2.43. The number of rotatable bonds is 9. The van der Waals surface area contributed by atoms with Crippen LogP contribution in [0.2, 0.25) is 0 Å². The molecule has 1 fully saturated rings. The van der Waals surface area contributed by atoms with E-state index in [9.17, 15) is 10.2 Å². The van der Waals surface area contributed by atoms with Gasteiger partial charge in [-0.15, -0.1) is 11.8 Å². The largest absolute Gasteiger partial charge is 0.392 e. The molecule has 2 aliphatic carbocycles. The van der Waals surface area contributed by atoms with E-state index in [-0.39, 0.29) is 17.9 Å². The van der Waals surface area contributed by atoms with Gasteiger partial charge in [-0.1, -0.05) is 37.1 Å². The highest BCUT2D eigenvalue weighted by molar-refractivity contribution is 5.21. The summed E-state index contributed by atoms with van der Waals surface area (Å²) in [5.41, 5.74) is 7.12. The summed E-state index contributed by atoms with van der Waals surface area (Å²) in [7, 11) is 0. The standard InChI is InChI=1S/C22H35NO2/c1-3-4-8-16(2)21(24)11-10-19-20-14-17(9-6-5-7-12-23)13-18(20)15-22(19)25/h10-11,13,16,18-22,24-25H,5-9,12,14-15,23H2,1-2H3/b11-10+/t16-,18+,19-,20+,21-,22-/m1/s1. The molecule has 0 heterocycles. The molecule has 3 heteroatoms. The van der Waals surface area contributed by atoms with E-state index in [0.29, 0.717) is 18.3 Å². The smallest absolute Gasteiger partial charge is 0.0755 e. The molecule has 0 spiro atoms. The topological polar surface area (TPSA) is 66.5 Å². The van der Waals surface area contributed by atoms with Crippen LogP contribution in [-0.4, -0.2) is 29.0 Å². The van der Waals surface area contributed by atoms with Crippen molar-refractivity contribution in [1.82, 2.24) is 0 Å². The van der Waals surface area contributed by atoms with Gasteiger partial charge in [-0.3, -0.25) is 0 Å². The van der Waals surface area contributed by atoms with E-state index in [1.54, 1.807) is 5.57 Å². The lowest BCUT2D eigenvalue weighted by Crippen LogP contribution is -2.19. The lowest BCUT2D eigenvalue weighted by Gasteiger charge is -2.20. The Morgan fingerprint density at radius 2 is 2.16 bits per heavy atom. The van der Waals surface area contributed by atoms with E-state index in [2.05, 4.69) is 24.0 Å². The molecule has 2 rings (SSSR count). The third kappa shape index (κ3) is 5.71. The van der Waals surface area contributed by atoms with Crippen LogP contribution >= 0.6 is 0 Å². The molecule has 0 bridgehead atoms. The lowest BCUT2D eigenvalue weighted by molar-refractivity contribution is 0.137. The second-order valence-corrected chi connectivity index (χ2v) is 7.82. The van der Waals surface area contributed by atoms with E-state index >= 15 is 0 Å². The number of aliphatic hydroxyl groups excluding tert-OH is 2. The quantitative estimate of drug-likeness (QED) is 0.341. The summed E-state index contributed by atoms with van der Waals surface area (Å²) >= 11 is 0. The summed E-state index contributed by atoms with van der Waals surface area (Å²) in [6.07, 6.45) is 13.0. The van der Waals surface area contributed by atoms with Crippen molar-refractivity contribution in [3.63, 3.8) is 0 Å². The van der Waals surface area contributed by atoms with Crippen molar-refractivity contribution in [2.45, 2.75) is 71.0 Å². The van der Waals surface area contributed by atoms with Gasteiger partial charge in [0.2, 0.25) is 0 Å². The molecular weight excluding hydrogens is 310 g/mol. The first-order valence-corrected chi connectivity index (χ1v) is 9.90. The highest BCUT2D eigenvalue weighted by atomic mass is 16.3. The van der Waals surface area contributed by atoms with Crippen molar-refractivity contribution >= 4 is 0 Å². The molecule has 0 amide bonds. The van der Waals surface area contributed by atoms with E-state index in [1.165, 1.54) is 19.3 Å². The zero-order valence-corrected chi connectivity index (χ0v) is 15.8. The van der Waals surface area contributed by atoms with Crippen LogP contribution in [0.1, 0.15) is 58.8 Å². The Labute approximate surface area is 153 Å². The van der Waals surface area contributed by atoms with Crippen molar-refractivity contribution in [1.29, 1.82) is 0 Å². The summed E-state index contributed by atoms with van der Waals surface area (Å²) in [5, 5.41) is 20.7. The third-order valence-electron chi connectivity index (χ3n) is 5.87. The number of hydrogen-bond acceptors (Lipinski definition) is 3. The summed E-state index contributed by atoms with van der Waals surface area (Å²) in [4.78, 5) is 0. The van der Waals surface area contributed by atoms with Gasteiger partial charge in [0.25, 0.3) is 0 Å². The maximum Gasteiger partial charge on any atom is 0.0755 e. The average molecular weight is 346 g/mol. The van der Waals surface area contributed by atoms with E-state index in [1.807, 2.05) is 19.9 Å². The van der Waals surface area contributed by atoms with E-state index in [0.717, 1.165) is 25.8 Å². The second kappa shape index (κ2) is 10.2. The lowest BCUT2D eigenvalue weighted by atomic mass is 9.88. The van der Waals surface area contributed by atoms with Gasteiger partial charge >= 0.3 is 0 Å². The Bertz CT molecular complexity index is 528. The maximum atomic E-state index is 10.4. The van der Waals surface area contributed by atoms with Gasteiger partial charge in [0.15, 0.2) is 0 Å². The van der Waals surface area contributed by atoms with Gasteiger partial charge in [-0.25, -0.2) is 0 Å². The number of hydrogen-bond donors (Lipinski definition) is 3. The molecule has 25 heavy (non-hydrogen) atoms. The third-order valence-corrected chi connectivity index (χ3v) is 5.87. The number of allylic oxidation sites excluding steroid dienone is 2. The van der Waals surface area contributed by atoms with Crippen molar-refractivity contribution in [2.75, 3.05) is 6.54 Å². The van der Waals surface area contributed by atoms with Gasteiger partial charge in [0, 0.05) is 12.3 Å². The zero-order valence-electron chi connectivity index (χ0n) is 15.8. The number of fused-ring (bicyclic) bond motifs is 1. The van der Waals surface area contributed by atoms with Crippen molar-refractivity contribution < 1.29 is 10.2 Å². The minimum Gasteiger partial charge on any atom is -0.392 e. The Morgan fingerprint density at radius 3 is 2.88 bits per heavy atom. The molecule has 2 aliphatic rings. The summed E-state index contributed by atoms with van der Waals surface area (Å²) in [6.45, 7) is 4.63. The fourth-order valence-electron chi connectivity index (χ4n) is 4.28. The summed E-state index contributed by atoms with van der Waals surface area (Å²) < 4.78 is 0. The van der Waals surface area contributed by atoms with Crippen LogP contribution in [-0.2, 0) is 0 Å².